The van der Waals surface area contributed by atoms with Crippen LogP contribution in [-0.2, 0) is 19.1 Å². The van der Waals surface area contributed by atoms with Crippen LogP contribution in [0.2, 0.25) is 0 Å². The smallest absolute Gasteiger partial charge is 0.321 e. The van der Waals surface area contributed by atoms with Crippen molar-refractivity contribution in [2.45, 2.75) is 13.0 Å². The van der Waals surface area contributed by atoms with Gasteiger partial charge in [0.1, 0.15) is 0 Å². The molecule has 0 spiro atoms. The number of hydrogen-bond acceptors (Lipinski definition) is 7. The number of anilines is 1. The third-order valence-corrected chi connectivity index (χ3v) is 5.75. The number of esters is 1. The van der Waals surface area contributed by atoms with Gasteiger partial charge in [-0.1, -0.05) is 18.2 Å². The Morgan fingerprint density at radius 3 is 2.52 bits per heavy atom. The van der Waals surface area contributed by atoms with Gasteiger partial charge >= 0.3 is 5.97 Å². The lowest BCUT2D eigenvalue weighted by Gasteiger charge is -2.38. The summed E-state index contributed by atoms with van der Waals surface area (Å²) in [5, 5.41) is 0. The number of imidazole rings is 1. The summed E-state index contributed by atoms with van der Waals surface area (Å²) >= 11 is 0. The minimum Gasteiger partial charge on any atom is -0.493 e. The molecule has 0 saturated carbocycles. The highest BCUT2D eigenvalue weighted by atomic mass is 16.5. The highest BCUT2D eigenvalue weighted by Crippen LogP contribution is 2.43. The first-order chi connectivity index (χ1) is 16.0. The number of fused-ring (bicyclic) bond motifs is 3. The van der Waals surface area contributed by atoms with E-state index in [2.05, 4.69) is 0 Å². The van der Waals surface area contributed by atoms with Crippen molar-refractivity contribution in [3.8, 4) is 11.5 Å². The summed E-state index contributed by atoms with van der Waals surface area (Å²) < 4.78 is 23.4. The van der Waals surface area contributed by atoms with Crippen molar-refractivity contribution in [2.75, 3.05) is 46.0 Å². The number of aromatic nitrogens is 2. The largest absolute Gasteiger partial charge is 0.493 e. The van der Waals surface area contributed by atoms with E-state index in [0.717, 1.165) is 11.0 Å². The minimum atomic E-state index is -1.11. The first-order valence-electron chi connectivity index (χ1n) is 10.7. The lowest BCUT2D eigenvalue weighted by Crippen LogP contribution is -2.51. The molecular formula is C24H27N3O6. The lowest BCUT2D eigenvalue weighted by molar-refractivity contribution is -0.153. The van der Waals surface area contributed by atoms with Crippen LogP contribution in [0.5, 0.6) is 11.5 Å². The molecule has 2 atom stereocenters. The van der Waals surface area contributed by atoms with Crippen molar-refractivity contribution in [3.63, 3.8) is 0 Å². The van der Waals surface area contributed by atoms with E-state index in [1.165, 1.54) is 4.90 Å². The first-order valence-corrected chi connectivity index (χ1v) is 10.7. The molecule has 1 aromatic heterocycles. The molecule has 0 radical (unpaired) electrons. The number of carbonyl (C=O) groups excluding carboxylic acids is 2. The van der Waals surface area contributed by atoms with Crippen LogP contribution < -0.4 is 14.4 Å². The molecule has 9 heteroatoms. The molecule has 9 nitrogen and oxygen atoms in total. The van der Waals surface area contributed by atoms with E-state index in [1.807, 2.05) is 34.9 Å². The second-order valence-corrected chi connectivity index (χ2v) is 7.54. The zero-order valence-electron chi connectivity index (χ0n) is 19.1. The van der Waals surface area contributed by atoms with Crippen LogP contribution in [-0.4, -0.2) is 62.5 Å². The van der Waals surface area contributed by atoms with Crippen molar-refractivity contribution in [3.05, 3.63) is 48.0 Å². The molecule has 0 bridgehead atoms. The van der Waals surface area contributed by atoms with Gasteiger partial charge in [-0.25, -0.2) is 4.98 Å². The summed E-state index contributed by atoms with van der Waals surface area (Å²) in [4.78, 5) is 33.1. The normalized spacial score (nSPS) is 17.7. The first kappa shape index (κ1) is 22.6. The molecule has 0 unspecified atom stereocenters. The minimum absolute atomic E-state index is 0.164. The maximum atomic E-state index is 13.7. The second kappa shape index (κ2) is 9.50. The zero-order valence-corrected chi connectivity index (χ0v) is 19.1. The summed E-state index contributed by atoms with van der Waals surface area (Å²) in [6, 6.07) is 12.3. The Hall–Kier alpha value is -3.59. The average molecular weight is 453 g/mol. The molecule has 33 heavy (non-hydrogen) atoms. The Bertz CT molecular complexity index is 1170. The lowest BCUT2D eigenvalue weighted by atomic mass is 9.89. The molecule has 2 heterocycles. The average Bonchev–Trinajstić information content (AvgIpc) is 3.21. The Morgan fingerprint density at radius 2 is 1.82 bits per heavy atom. The predicted molar refractivity (Wildman–Crippen MR) is 122 cm³/mol. The number of methoxy groups -OCH3 is 3. The van der Waals surface area contributed by atoms with Crippen LogP contribution in [0.1, 0.15) is 18.5 Å². The molecule has 174 valence electrons. The fourth-order valence-corrected chi connectivity index (χ4v) is 4.28. The Morgan fingerprint density at radius 1 is 1.06 bits per heavy atom. The summed E-state index contributed by atoms with van der Waals surface area (Å²) in [5.41, 5.74) is 2.23. The highest BCUT2D eigenvalue weighted by molar-refractivity contribution is 6.08. The number of para-hydroxylation sites is 2. The molecule has 0 aliphatic carbocycles. The van der Waals surface area contributed by atoms with Crippen LogP contribution in [0.25, 0.3) is 11.0 Å². The monoisotopic (exact) mass is 453 g/mol. The molecule has 0 N–H and O–H groups in total. The van der Waals surface area contributed by atoms with E-state index in [-0.39, 0.29) is 19.1 Å². The Balaban J connectivity index is 1.98. The number of carbonyl (C=O) groups is 2. The molecule has 1 aliphatic rings. The highest BCUT2D eigenvalue weighted by Gasteiger charge is 2.48. The predicted octanol–water partition coefficient (Wildman–Crippen LogP) is 2.82. The third kappa shape index (κ3) is 3.89. The Kier molecular flexibility index (Phi) is 6.50. The van der Waals surface area contributed by atoms with Crippen LogP contribution in [0, 0.1) is 5.92 Å². The van der Waals surface area contributed by atoms with Gasteiger partial charge in [0.25, 0.3) is 0 Å². The molecule has 2 aromatic carbocycles. The third-order valence-electron chi connectivity index (χ3n) is 5.75. The van der Waals surface area contributed by atoms with Crippen molar-refractivity contribution < 1.29 is 28.5 Å². The zero-order chi connectivity index (χ0) is 23.5. The van der Waals surface area contributed by atoms with E-state index in [0.29, 0.717) is 29.6 Å². The van der Waals surface area contributed by atoms with Gasteiger partial charge < -0.3 is 23.5 Å². The van der Waals surface area contributed by atoms with Gasteiger partial charge in [0.15, 0.2) is 17.4 Å². The molecule has 1 aliphatic heterocycles. The van der Waals surface area contributed by atoms with Gasteiger partial charge in [-0.15, -0.1) is 0 Å². The van der Waals surface area contributed by atoms with E-state index in [4.69, 9.17) is 23.9 Å². The number of rotatable bonds is 8. The van der Waals surface area contributed by atoms with Crippen molar-refractivity contribution in [1.82, 2.24) is 9.55 Å². The van der Waals surface area contributed by atoms with Crippen molar-refractivity contribution in [1.29, 1.82) is 0 Å². The molecule has 4 rings (SSSR count). The van der Waals surface area contributed by atoms with E-state index in [9.17, 15) is 9.59 Å². The summed E-state index contributed by atoms with van der Waals surface area (Å²) in [5.74, 6) is -0.573. The van der Waals surface area contributed by atoms with Gasteiger partial charge in [0.05, 0.1) is 51.1 Å². The fraction of sp³-hybridized carbons (Fsp3) is 0.375. The van der Waals surface area contributed by atoms with E-state index < -0.39 is 17.9 Å². The number of hydrogen-bond donors (Lipinski definition) is 0. The van der Waals surface area contributed by atoms with E-state index >= 15 is 0 Å². The topological polar surface area (TPSA) is 92.1 Å². The molecule has 1 amide bonds. The fourth-order valence-electron chi connectivity index (χ4n) is 4.28. The van der Waals surface area contributed by atoms with Gasteiger partial charge in [0.2, 0.25) is 11.9 Å². The summed E-state index contributed by atoms with van der Waals surface area (Å²) in [7, 11) is 4.66. The number of amides is 1. The van der Waals surface area contributed by atoms with Gasteiger partial charge in [-0.05, 0) is 36.8 Å². The van der Waals surface area contributed by atoms with Crippen LogP contribution in [0.3, 0.4) is 0 Å². The summed E-state index contributed by atoms with van der Waals surface area (Å²) in [6.45, 7) is 2.44. The second-order valence-electron chi connectivity index (χ2n) is 7.54. The molecule has 0 saturated heterocycles. The number of nitrogens with zero attached hydrogens (tertiary/aromatic N) is 3. The van der Waals surface area contributed by atoms with E-state index in [1.54, 1.807) is 40.4 Å². The maximum absolute atomic E-state index is 13.7. The molecular weight excluding hydrogens is 426 g/mol. The van der Waals surface area contributed by atoms with Crippen molar-refractivity contribution in [2.24, 2.45) is 5.92 Å². The van der Waals surface area contributed by atoms with Crippen molar-refractivity contribution >= 4 is 28.9 Å². The standard InChI is InChI=1S/C24H27N3O6/c1-5-33-23(29)20-21(15-10-11-18(31-3)19(14-15)32-4)27-17-9-7-6-8-16(17)25-24(27)26(22(20)28)12-13-30-2/h6-11,14,20-21H,5,12-13H2,1-4H3/t20-,21-/m0/s1. The number of ether oxygens (including phenoxy) is 4. The van der Waals surface area contributed by atoms with Gasteiger partial charge in [-0.2, -0.15) is 0 Å². The van der Waals surface area contributed by atoms with Gasteiger partial charge in [-0.3, -0.25) is 14.5 Å². The maximum Gasteiger partial charge on any atom is 0.321 e. The SMILES string of the molecule is CCOC(=O)[C@@H]1C(=O)N(CCOC)c2nc3ccccc3n2[C@H]1c1ccc(OC)c(OC)c1. The quantitative estimate of drug-likeness (QED) is 0.383. The number of benzene rings is 2. The molecule has 0 fully saturated rings. The summed E-state index contributed by atoms with van der Waals surface area (Å²) in [6.07, 6.45) is 0. The van der Waals surface area contributed by atoms with Gasteiger partial charge in [0, 0.05) is 7.11 Å². The van der Waals surface area contributed by atoms with Crippen LogP contribution >= 0.6 is 0 Å². The van der Waals surface area contributed by atoms with Crippen LogP contribution in [0.15, 0.2) is 42.5 Å². The van der Waals surface area contributed by atoms with Crippen LogP contribution in [0.4, 0.5) is 5.95 Å². The molecule has 3 aromatic rings. The Labute approximate surface area is 191 Å².